The number of nitrogen functional groups attached to an aromatic ring is 1. The first-order valence-electron chi connectivity index (χ1n) is 3.54. The SMILES string of the molecule is Cc1onc(N)c1-c1cccs1. The van der Waals surface area contributed by atoms with Crippen LogP contribution < -0.4 is 5.73 Å². The summed E-state index contributed by atoms with van der Waals surface area (Å²) < 4.78 is 4.95. The first-order chi connectivity index (χ1) is 5.79. The van der Waals surface area contributed by atoms with E-state index in [0.29, 0.717) is 5.82 Å². The van der Waals surface area contributed by atoms with Gasteiger partial charge in [-0.05, 0) is 18.4 Å². The van der Waals surface area contributed by atoms with Crippen LogP contribution in [0.4, 0.5) is 5.82 Å². The van der Waals surface area contributed by atoms with Gasteiger partial charge in [-0.2, -0.15) is 0 Å². The molecule has 4 heteroatoms. The average molecular weight is 180 g/mol. The molecule has 12 heavy (non-hydrogen) atoms. The number of rotatable bonds is 1. The van der Waals surface area contributed by atoms with Gasteiger partial charge in [0.25, 0.3) is 0 Å². The van der Waals surface area contributed by atoms with Gasteiger partial charge in [-0.25, -0.2) is 0 Å². The first kappa shape index (κ1) is 7.36. The largest absolute Gasteiger partial charge is 0.380 e. The van der Waals surface area contributed by atoms with Crippen molar-refractivity contribution in [3.8, 4) is 10.4 Å². The molecule has 2 aromatic heterocycles. The number of aromatic nitrogens is 1. The molecule has 3 nitrogen and oxygen atoms in total. The molecule has 0 atom stereocenters. The molecule has 2 N–H and O–H groups in total. The Hall–Kier alpha value is -1.29. The van der Waals surface area contributed by atoms with Crippen molar-refractivity contribution in [1.29, 1.82) is 0 Å². The second-order valence-electron chi connectivity index (χ2n) is 2.48. The third-order valence-corrected chi connectivity index (χ3v) is 2.54. The van der Waals surface area contributed by atoms with Crippen LogP contribution in [-0.4, -0.2) is 5.16 Å². The molecular formula is C8H8N2OS. The van der Waals surface area contributed by atoms with Crippen LogP contribution in [0.1, 0.15) is 5.76 Å². The Bertz CT molecular complexity index is 358. The molecular weight excluding hydrogens is 172 g/mol. The van der Waals surface area contributed by atoms with E-state index in [-0.39, 0.29) is 0 Å². The Labute approximate surface area is 73.8 Å². The van der Waals surface area contributed by atoms with E-state index in [1.165, 1.54) is 0 Å². The predicted molar refractivity (Wildman–Crippen MR) is 49.0 cm³/mol. The van der Waals surface area contributed by atoms with Crippen molar-refractivity contribution >= 4 is 17.2 Å². The van der Waals surface area contributed by atoms with E-state index in [4.69, 9.17) is 10.3 Å². The number of anilines is 1. The van der Waals surface area contributed by atoms with Crippen molar-refractivity contribution in [2.45, 2.75) is 6.92 Å². The molecule has 0 saturated heterocycles. The van der Waals surface area contributed by atoms with Crippen LogP contribution in [0.25, 0.3) is 10.4 Å². The molecule has 0 radical (unpaired) electrons. The molecule has 0 aliphatic carbocycles. The fourth-order valence-electron chi connectivity index (χ4n) is 1.11. The Morgan fingerprint density at radius 2 is 2.42 bits per heavy atom. The lowest BCUT2D eigenvalue weighted by atomic mass is 10.2. The van der Waals surface area contributed by atoms with Crippen molar-refractivity contribution < 1.29 is 4.52 Å². The van der Waals surface area contributed by atoms with Crippen LogP contribution in [0.2, 0.25) is 0 Å². The van der Waals surface area contributed by atoms with E-state index >= 15 is 0 Å². The lowest BCUT2D eigenvalue weighted by Crippen LogP contribution is -1.86. The van der Waals surface area contributed by atoms with E-state index in [1.807, 2.05) is 24.4 Å². The summed E-state index contributed by atoms with van der Waals surface area (Å²) in [6.45, 7) is 1.86. The third-order valence-electron chi connectivity index (χ3n) is 1.66. The lowest BCUT2D eigenvalue weighted by molar-refractivity contribution is 0.401. The van der Waals surface area contributed by atoms with Crippen molar-refractivity contribution in [2.24, 2.45) is 0 Å². The van der Waals surface area contributed by atoms with Crippen LogP contribution in [0, 0.1) is 6.92 Å². The fraction of sp³-hybridized carbons (Fsp3) is 0.125. The quantitative estimate of drug-likeness (QED) is 0.732. The zero-order valence-corrected chi connectivity index (χ0v) is 7.39. The molecule has 0 unspecified atom stereocenters. The first-order valence-corrected chi connectivity index (χ1v) is 4.42. The van der Waals surface area contributed by atoms with Crippen LogP contribution in [-0.2, 0) is 0 Å². The summed E-state index contributed by atoms with van der Waals surface area (Å²) in [4.78, 5) is 1.10. The van der Waals surface area contributed by atoms with Crippen molar-refractivity contribution in [3.05, 3.63) is 23.3 Å². The van der Waals surface area contributed by atoms with Crippen LogP contribution in [0.3, 0.4) is 0 Å². The Morgan fingerprint density at radius 3 is 2.92 bits per heavy atom. The van der Waals surface area contributed by atoms with Gasteiger partial charge in [-0.3, -0.25) is 0 Å². The predicted octanol–water partition coefficient (Wildman–Crippen LogP) is 2.29. The highest BCUT2D eigenvalue weighted by atomic mass is 32.1. The number of aryl methyl sites for hydroxylation is 1. The minimum absolute atomic E-state index is 0.468. The van der Waals surface area contributed by atoms with Gasteiger partial charge >= 0.3 is 0 Å². The number of hydrogen-bond acceptors (Lipinski definition) is 4. The minimum Gasteiger partial charge on any atom is -0.380 e. The Kier molecular flexibility index (Phi) is 1.62. The molecule has 2 aromatic rings. The van der Waals surface area contributed by atoms with Gasteiger partial charge in [-0.15, -0.1) is 11.3 Å². The maximum atomic E-state index is 5.63. The Morgan fingerprint density at radius 1 is 1.58 bits per heavy atom. The maximum absolute atomic E-state index is 5.63. The highest BCUT2D eigenvalue weighted by Gasteiger charge is 2.12. The van der Waals surface area contributed by atoms with E-state index in [1.54, 1.807) is 11.3 Å². The molecule has 0 aromatic carbocycles. The summed E-state index contributed by atoms with van der Waals surface area (Å²) in [5.41, 5.74) is 6.56. The molecule has 0 aliphatic rings. The summed E-state index contributed by atoms with van der Waals surface area (Å²) in [5, 5.41) is 5.68. The van der Waals surface area contributed by atoms with Crippen molar-refractivity contribution in [3.63, 3.8) is 0 Å². The van der Waals surface area contributed by atoms with Crippen LogP contribution in [0.5, 0.6) is 0 Å². The number of nitrogens with zero attached hydrogens (tertiary/aromatic N) is 1. The zero-order chi connectivity index (χ0) is 8.55. The van der Waals surface area contributed by atoms with Crippen LogP contribution in [0.15, 0.2) is 22.0 Å². The molecule has 0 amide bonds. The maximum Gasteiger partial charge on any atom is 0.175 e. The van der Waals surface area contributed by atoms with Gasteiger partial charge in [0.2, 0.25) is 0 Å². The number of thiophene rings is 1. The second-order valence-corrected chi connectivity index (χ2v) is 3.42. The van der Waals surface area contributed by atoms with Crippen LogP contribution >= 0.6 is 11.3 Å². The summed E-state index contributed by atoms with van der Waals surface area (Å²) in [7, 11) is 0. The molecule has 0 aliphatic heterocycles. The normalized spacial score (nSPS) is 10.4. The van der Waals surface area contributed by atoms with Crippen molar-refractivity contribution in [2.75, 3.05) is 5.73 Å². The summed E-state index contributed by atoms with van der Waals surface area (Å²) in [5.74, 6) is 1.24. The van der Waals surface area contributed by atoms with Crippen molar-refractivity contribution in [1.82, 2.24) is 5.16 Å². The van der Waals surface area contributed by atoms with Gasteiger partial charge in [0.05, 0.1) is 5.56 Å². The summed E-state index contributed by atoms with van der Waals surface area (Å²) in [6, 6.07) is 3.98. The van der Waals surface area contributed by atoms with Gasteiger partial charge < -0.3 is 10.3 Å². The average Bonchev–Trinajstić information content (AvgIpc) is 2.61. The molecule has 0 bridgehead atoms. The lowest BCUT2D eigenvalue weighted by Gasteiger charge is -1.91. The highest BCUT2D eigenvalue weighted by Crippen LogP contribution is 2.31. The van der Waals surface area contributed by atoms with E-state index in [2.05, 4.69) is 5.16 Å². The molecule has 2 heterocycles. The molecule has 0 fully saturated rings. The van der Waals surface area contributed by atoms with Gasteiger partial charge in [-0.1, -0.05) is 11.2 Å². The molecule has 62 valence electrons. The number of hydrogen-bond donors (Lipinski definition) is 1. The standard InChI is InChI=1S/C8H8N2OS/c1-5-7(8(9)10-11-5)6-3-2-4-12-6/h2-4H,1H3,(H2,9,10). The van der Waals surface area contributed by atoms with E-state index in [9.17, 15) is 0 Å². The molecule has 2 rings (SSSR count). The monoisotopic (exact) mass is 180 g/mol. The smallest absolute Gasteiger partial charge is 0.175 e. The highest BCUT2D eigenvalue weighted by molar-refractivity contribution is 7.13. The fourth-order valence-corrected chi connectivity index (χ4v) is 1.94. The molecule has 0 saturated carbocycles. The summed E-state index contributed by atoms with van der Waals surface area (Å²) >= 11 is 1.63. The molecule has 0 spiro atoms. The van der Waals surface area contributed by atoms with Gasteiger partial charge in [0.15, 0.2) is 5.82 Å². The van der Waals surface area contributed by atoms with E-state index in [0.717, 1.165) is 16.2 Å². The van der Waals surface area contributed by atoms with Gasteiger partial charge in [0, 0.05) is 4.88 Å². The zero-order valence-electron chi connectivity index (χ0n) is 6.57. The topological polar surface area (TPSA) is 52.0 Å². The summed E-state index contributed by atoms with van der Waals surface area (Å²) in [6.07, 6.45) is 0. The second kappa shape index (κ2) is 2.64. The third kappa shape index (κ3) is 1.00. The Balaban J connectivity index is 2.60. The van der Waals surface area contributed by atoms with Gasteiger partial charge in [0.1, 0.15) is 5.76 Å². The van der Waals surface area contributed by atoms with E-state index < -0.39 is 0 Å². The number of nitrogens with two attached hydrogens (primary N) is 1. The minimum atomic E-state index is 0.468.